The van der Waals surface area contributed by atoms with Crippen molar-refractivity contribution < 1.29 is 4.42 Å². The van der Waals surface area contributed by atoms with Gasteiger partial charge in [0.1, 0.15) is 11.2 Å². The normalized spacial score (nSPS) is 11.2. The van der Waals surface area contributed by atoms with Crippen LogP contribution in [0, 0.1) is 0 Å². The molecule has 2 nitrogen and oxygen atoms in total. The molecule has 0 saturated heterocycles. The van der Waals surface area contributed by atoms with Crippen LogP contribution in [-0.4, -0.2) is 0 Å². The van der Waals surface area contributed by atoms with Gasteiger partial charge in [0.15, 0.2) is 0 Å². The van der Waals surface area contributed by atoms with Gasteiger partial charge < -0.3 is 10.2 Å². The Hall–Kier alpha value is -3.52. The number of fused-ring (bicyclic) bond motifs is 3. The topological polar surface area (TPSA) is 39.2 Å². The largest absolute Gasteiger partial charge is 0.456 e. The highest BCUT2D eigenvalue weighted by Crippen LogP contribution is 2.37. The van der Waals surface area contributed by atoms with E-state index < -0.39 is 0 Å². The number of hydrogen-bond donors (Lipinski definition) is 1. The van der Waals surface area contributed by atoms with Crippen molar-refractivity contribution in [2.75, 3.05) is 5.73 Å². The summed E-state index contributed by atoms with van der Waals surface area (Å²) >= 11 is 0. The molecule has 2 heteroatoms. The summed E-state index contributed by atoms with van der Waals surface area (Å²) < 4.78 is 6.06. The molecule has 0 aliphatic carbocycles. The Bertz CT molecular complexity index is 1240. The highest BCUT2D eigenvalue weighted by atomic mass is 16.3. The third kappa shape index (κ3) is 2.35. The quantitative estimate of drug-likeness (QED) is 0.374. The van der Waals surface area contributed by atoms with Crippen LogP contribution in [-0.2, 0) is 0 Å². The maximum absolute atomic E-state index is 6.09. The molecule has 0 aliphatic rings. The third-order valence-corrected chi connectivity index (χ3v) is 4.82. The maximum Gasteiger partial charge on any atom is 0.136 e. The Balaban J connectivity index is 1.75. The zero-order valence-corrected chi connectivity index (χ0v) is 14.1. The first kappa shape index (κ1) is 14.8. The summed E-state index contributed by atoms with van der Waals surface area (Å²) in [5, 5.41) is 2.28. The molecule has 2 N–H and O–H groups in total. The molecule has 1 heterocycles. The first-order chi connectivity index (χ1) is 12.8. The van der Waals surface area contributed by atoms with E-state index in [2.05, 4.69) is 54.6 Å². The van der Waals surface area contributed by atoms with Gasteiger partial charge in [-0.1, -0.05) is 60.7 Å². The van der Waals surface area contributed by atoms with Gasteiger partial charge in [0.2, 0.25) is 0 Å². The summed E-state index contributed by atoms with van der Waals surface area (Å²) in [5.41, 5.74) is 13.2. The van der Waals surface area contributed by atoms with Crippen LogP contribution in [0.5, 0.6) is 0 Å². The predicted molar refractivity (Wildman–Crippen MR) is 109 cm³/mol. The van der Waals surface area contributed by atoms with Crippen LogP contribution in [0.2, 0.25) is 0 Å². The number of anilines is 1. The van der Waals surface area contributed by atoms with E-state index in [1.165, 1.54) is 5.56 Å². The molecule has 0 amide bonds. The van der Waals surface area contributed by atoms with Gasteiger partial charge in [-0.05, 0) is 52.6 Å². The van der Waals surface area contributed by atoms with Gasteiger partial charge >= 0.3 is 0 Å². The second kappa shape index (κ2) is 5.78. The zero-order valence-electron chi connectivity index (χ0n) is 14.1. The summed E-state index contributed by atoms with van der Waals surface area (Å²) in [4.78, 5) is 0. The van der Waals surface area contributed by atoms with Gasteiger partial charge in [0.05, 0.1) is 0 Å². The van der Waals surface area contributed by atoms with Gasteiger partial charge in [0.25, 0.3) is 0 Å². The van der Waals surface area contributed by atoms with Crippen molar-refractivity contribution in [3.63, 3.8) is 0 Å². The molecule has 0 aliphatic heterocycles. The van der Waals surface area contributed by atoms with E-state index in [0.29, 0.717) is 0 Å². The van der Waals surface area contributed by atoms with Gasteiger partial charge in [-0.25, -0.2) is 0 Å². The van der Waals surface area contributed by atoms with Gasteiger partial charge in [0, 0.05) is 16.5 Å². The molecule has 1 aromatic heterocycles. The zero-order chi connectivity index (χ0) is 17.5. The second-order valence-corrected chi connectivity index (χ2v) is 6.48. The van der Waals surface area contributed by atoms with E-state index in [1.54, 1.807) is 0 Å². The lowest BCUT2D eigenvalue weighted by atomic mass is 9.93. The number of benzene rings is 4. The number of hydrogen-bond acceptors (Lipinski definition) is 2. The minimum atomic E-state index is 0.754. The number of furan rings is 1. The molecule has 26 heavy (non-hydrogen) atoms. The number of nitrogen functional groups attached to an aromatic ring is 1. The minimum Gasteiger partial charge on any atom is -0.456 e. The van der Waals surface area contributed by atoms with E-state index >= 15 is 0 Å². The fraction of sp³-hybridized carbons (Fsp3) is 0. The number of para-hydroxylation sites is 1. The van der Waals surface area contributed by atoms with Crippen molar-refractivity contribution in [3.8, 4) is 22.3 Å². The second-order valence-electron chi connectivity index (χ2n) is 6.48. The lowest BCUT2D eigenvalue weighted by Gasteiger charge is -2.11. The van der Waals surface area contributed by atoms with E-state index in [1.807, 2.05) is 36.4 Å². The van der Waals surface area contributed by atoms with Gasteiger partial charge in [-0.15, -0.1) is 0 Å². The summed E-state index contributed by atoms with van der Waals surface area (Å²) in [6.45, 7) is 0. The van der Waals surface area contributed by atoms with Gasteiger partial charge in [-0.3, -0.25) is 0 Å². The average molecular weight is 335 g/mol. The molecule has 0 unspecified atom stereocenters. The van der Waals surface area contributed by atoms with Crippen LogP contribution in [0.25, 0.3) is 44.2 Å². The molecular weight excluding hydrogens is 318 g/mol. The fourth-order valence-electron chi connectivity index (χ4n) is 3.56. The number of rotatable bonds is 2. The Morgan fingerprint density at radius 1 is 0.538 bits per heavy atom. The highest BCUT2D eigenvalue weighted by Gasteiger charge is 2.11. The molecule has 0 bridgehead atoms. The van der Waals surface area contributed by atoms with Gasteiger partial charge in [-0.2, -0.15) is 0 Å². The van der Waals surface area contributed by atoms with E-state index in [-0.39, 0.29) is 0 Å². The molecule has 5 aromatic rings. The van der Waals surface area contributed by atoms with Crippen molar-refractivity contribution in [3.05, 3.63) is 91.0 Å². The Labute approximate surface area is 151 Å². The molecule has 4 aromatic carbocycles. The average Bonchev–Trinajstić information content (AvgIpc) is 3.06. The molecule has 124 valence electrons. The van der Waals surface area contributed by atoms with Crippen molar-refractivity contribution in [2.24, 2.45) is 0 Å². The lowest BCUT2D eigenvalue weighted by molar-refractivity contribution is 0.669. The van der Waals surface area contributed by atoms with Crippen molar-refractivity contribution in [1.82, 2.24) is 0 Å². The van der Waals surface area contributed by atoms with Crippen molar-refractivity contribution in [1.29, 1.82) is 0 Å². The SMILES string of the molecule is Nc1ccc(-c2ccccc2)c(-c2ccc3c(c2)oc2ccccc23)c1. The molecule has 0 atom stereocenters. The van der Waals surface area contributed by atoms with Crippen LogP contribution >= 0.6 is 0 Å². The Kier molecular flexibility index (Phi) is 3.29. The summed E-state index contributed by atoms with van der Waals surface area (Å²) in [5.74, 6) is 0. The molecule has 0 fully saturated rings. The fourth-order valence-corrected chi connectivity index (χ4v) is 3.56. The summed E-state index contributed by atoms with van der Waals surface area (Å²) in [6, 6.07) is 31.0. The standard InChI is InChI=1S/C24H17NO/c25-18-11-13-19(16-6-2-1-3-7-16)22(15-18)17-10-12-21-20-8-4-5-9-23(20)26-24(21)14-17/h1-15H,25H2. The molecule has 5 rings (SSSR count). The van der Waals surface area contributed by atoms with Crippen LogP contribution in [0.15, 0.2) is 95.4 Å². The molecule has 0 saturated carbocycles. The van der Waals surface area contributed by atoms with E-state index in [4.69, 9.17) is 10.2 Å². The Morgan fingerprint density at radius 2 is 1.31 bits per heavy atom. The maximum atomic E-state index is 6.09. The first-order valence-electron chi connectivity index (χ1n) is 8.66. The lowest BCUT2D eigenvalue weighted by Crippen LogP contribution is -1.90. The van der Waals surface area contributed by atoms with E-state index in [9.17, 15) is 0 Å². The monoisotopic (exact) mass is 335 g/mol. The smallest absolute Gasteiger partial charge is 0.136 e. The van der Waals surface area contributed by atoms with E-state index in [0.717, 1.165) is 44.3 Å². The van der Waals surface area contributed by atoms with Crippen LogP contribution in [0.1, 0.15) is 0 Å². The van der Waals surface area contributed by atoms with Crippen molar-refractivity contribution in [2.45, 2.75) is 0 Å². The summed E-state index contributed by atoms with van der Waals surface area (Å²) in [6.07, 6.45) is 0. The van der Waals surface area contributed by atoms with Crippen LogP contribution in [0.3, 0.4) is 0 Å². The highest BCUT2D eigenvalue weighted by molar-refractivity contribution is 6.06. The number of nitrogens with two attached hydrogens (primary N) is 1. The van der Waals surface area contributed by atoms with Crippen molar-refractivity contribution >= 4 is 27.6 Å². The molecule has 0 radical (unpaired) electrons. The third-order valence-electron chi connectivity index (χ3n) is 4.82. The molecular formula is C24H17NO. The summed E-state index contributed by atoms with van der Waals surface area (Å²) in [7, 11) is 0. The minimum absolute atomic E-state index is 0.754. The van der Waals surface area contributed by atoms with Crippen LogP contribution < -0.4 is 5.73 Å². The van der Waals surface area contributed by atoms with Crippen LogP contribution in [0.4, 0.5) is 5.69 Å². The Morgan fingerprint density at radius 3 is 2.19 bits per heavy atom. The first-order valence-corrected chi connectivity index (χ1v) is 8.66. The predicted octanol–water partition coefficient (Wildman–Crippen LogP) is 6.50. The molecule has 0 spiro atoms.